The number of allylic oxidation sites excluding steroid dienone is 3. The van der Waals surface area contributed by atoms with Gasteiger partial charge in [0.1, 0.15) is 0 Å². The van der Waals surface area contributed by atoms with E-state index >= 15 is 0 Å². The van der Waals surface area contributed by atoms with Crippen molar-refractivity contribution in [2.45, 2.75) is 13.3 Å². The van der Waals surface area contributed by atoms with Gasteiger partial charge in [-0.05, 0) is 29.2 Å². The molecule has 1 nitrogen and oxygen atoms in total. The number of nitriles is 1. The first-order valence-corrected chi connectivity index (χ1v) is 6.76. The van der Waals surface area contributed by atoms with Gasteiger partial charge in [0.15, 0.2) is 0 Å². The van der Waals surface area contributed by atoms with Crippen LogP contribution >= 0.6 is 0 Å². The Bertz CT molecular complexity index is 640. The topological polar surface area (TPSA) is 23.8 Å². The number of hydrogen-bond acceptors (Lipinski definition) is 1. The number of nitrogens with zero attached hydrogens (tertiary/aromatic N) is 1. The predicted molar refractivity (Wildman–Crippen MR) is 84.9 cm³/mol. The zero-order valence-electron chi connectivity index (χ0n) is 11.6. The fourth-order valence-corrected chi connectivity index (χ4v) is 1.94. The molecule has 0 aromatic heterocycles. The highest BCUT2D eigenvalue weighted by Crippen LogP contribution is 2.15. The highest BCUT2D eigenvalue weighted by Gasteiger charge is 1.98. The Balaban J connectivity index is 2.17. The molecule has 0 saturated heterocycles. The maximum atomic E-state index is 9.25. The molecule has 0 aliphatic heterocycles. The average molecular weight is 259 g/mol. The molecule has 0 spiro atoms. The molecular formula is C19H17N. The normalized spacial score (nSPS) is 11.5. The van der Waals surface area contributed by atoms with Crippen LogP contribution in [0, 0.1) is 11.3 Å². The van der Waals surface area contributed by atoms with Gasteiger partial charge in [0, 0.05) is 0 Å². The highest BCUT2D eigenvalue weighted by molar-refractivity contribution is 5.78. The van der Waals surface area contributed by atoms with E-state index in [-0.39, 0.29) is 0 Å². The van der Waals surface area contributed by atoms with Crippen molar-refractivity contribution in [2.75, 3.05) is 0 Å². The molecule has 2 aromatic carbocycles. The van der Waals surface area contributed by atoms with Crippen LogP contribution in [0.2, 0.25) is 0 Å². The van der Waals surface area contributed by atoms with Gasteiger partial charge < -0.3 is 0 Å². The smallest absolute Gasteiger partial charge is 0.0997 e. The van der Waals surface area contributed by atoms with E-state index in [0.29, 0.717) is 5.57 Å². The van der Waals surface area contributed by atoms with Crippen molar-refractivity contribution >= 4 is 11.6 Å². The first-order chi connectivity index (χ1) is 9.83. The molecule has 98 valence electrons. The first kappa shape index (κ1) is 13.8. The summed E-state index contributed by atoms with van der Waals surface area (Å²) >= 11 is 0. The second-order valence-electron chi connectivity index (χ2n) is 4.51. The summed E-state index contributed by atoms with van der Waals surface area (Å²) in [5, 5.41) is 9.25. The lowest BCUT2D eigenvalue weighted by Gasteiger charge is -2.00. The van der Waals surface area contributed by atoms with Crippen LogP contribution in [0.4, 0.5) is 0 Å². The van der Waals surface area contributed by atoms with Crippen molar-refractivity contribution in [2.24, 2.45) is 0 Å². The molecule has 0 heterocycles. The van der Waals surface area contributed by atoms with E-state index in [1.165, 1.54) is 5.56 Å². The molecular weight excluding hydrogens is 242 g/mol. The first-order valence-electron chi connectivity index (χ1n) is 6.76. The van der Waals surface area contributed by atoms with Gasteiger partial charge in [-0.25, -0.2) is 0 Å². The second kappa shape index (κ2) is 7.11. The molecule has 0 aliphatic rings. The lowest BCUT2D eigenvalue weighted by molar-refractivity contribution is 1.14. The van der Waals surface area contributed by atoms with Gasteiger partial charge >= 0.3 is 0 Å². The molecule has 2 rings (SSSR count). The molecule has 2 aromatic rings. The maximum absolute atomic E-state index is 9.25. The number of rotatable bonds is 4. The van der Waals surface area contributed by atoms with E-state index < -0.39 is 0 Å². The van der Waals surface area contributed by atoms with Gasteiger partial charge in [0.2, 0.25) is 0 Å². The Kier molecular flexibility index (Phi) is 4.92. The molecule has 0 fully saturated rings. The number of benzene rings is 2. The molecule has 1 heteroatoms. The summed E-state index contributed by atoms with van der Waals surface area (Å²) in [6.45, 7) is 2.12. The molecule has 20 heavy (non-hydrogen) atoms. The van der Waals surface area contributed by atoms with Crippen molar-refractivity contribution < 1.29 is 0 Å². The van der Waals surface area contributed by atoms with Crippen LogP contribution in [0.25, 0.3) is 11.6 Å². The minimum absolute atomic E-state index is 0.680. The Hall–Kier alpha value is -2.59. The average Bonchev–Trinajstić information content (AvgIpc) is 2.53. The van der Waals surface area contributed by atoms with Crippen LogP contribution < -0.4 is 0 Å². The molecule has 0 amide bonds. The van der Waals surface area contributed by atoms with E-state index in [9.17, 15) is 5.26 Å². The van der Waals surface area contributed by atoms with Gasteiger partial charge in [-0.15, -0.1) is 0 Å². The third-order valence-electron chi connectivity index (χ3n) is 3.14. The van der Waals surface area contributed by atoms with Crippen LogP contribution in [0.3, 0.4) is 0 Å². The Morgan fingerprint density at radius 3 is 2.35 bits per heavy atom. The van der Waals surface area contributed by atoms with Crippen molar-refractivity contribution in [3.8, 4) is 6.07 Å². The molecule has 0 aliphatic carbocycles. The zero-order valence-corrected chi connectivity index (χ0v) is 11.6. The van der Waals surface area contributed by atoms with Gasteiger partial charge in [-0.2, -0.15) is 5.26 Å². The molecule has 0 atom stereocenters. The fraction of sp³-hybridized carbons (Fsp3) is 0.105. The summed E-state index contributed by atoms with van der Waals surface area (Å²) in [6.07, 6.45) is 6.78. The van der Waals surface area contributed by atoms with Crippen molar-refractivity contribution in [3.05, 3.63) is 83.4 Å². The Morgan fingerprint density at radius 1 is 1.05 bits per heavy atom. The van der Waals surface area contributed by atoms with Gasteiger partial charge in [-0.1, -0.05) is 73.7 Å². The predicted octanol–water partition coefficient (Wildman–Crippen LogP) is 4.87. The third kappa shape index (κ3) is 3.70. The Labute approximate surface area is 120 Å². The quantitative estimate of drug-likeness (QED) is 0.567. The van der Waals surface area contributed by atoms with Crippen molar-refractivity contribution in [3.63, 3.8) is 0 Å². The van der Waals surface area contributed by atoms with E-state index in [1.54, 1.807) is 0 Å². The van der Waals surface area contributed by atoms with Crippen LogP contribution in [0.15, 0.2) is 66.7 Å². The van der Waals surface area contributed by atoms with Gasteiger partial charge in [0.05, 0.1) is 11.6 Å². The summed E-state index contributed by atoms with van der Waals surface area (Å²) in [7, 11) is 0. The molecule has 0 saturated carbocycles. The summed E-state index contributed by atoms with van der Waals surface area (Å²) < 4.78 is 0. The SMILES string of the molecule is CCc1ccc(/C(C#N)=C/C=C/c2ccccc2)cc1. The van der Waals surface area contributed by atoms with E-state index in [1.807, 2.05) is 60.7 Å². The van der Waals surface area contributed by atoms with Gasteiger partial charge in [-0.3, -0.25) is 0 Å². The summed E-state index contributed by atoms with van der Waals surface area (Å²) in [4.78, 5) is 0. The molecule has 0 N–H and O–H groups in total. The maximum Gasteiger partial charge on any atom is 0.0997 e. The number of hydrogen-bond donors (Lipinski definition) is 0. The van der Waals surface area contributed by atoms with Crippen LogP contribution in [0.1, 0.15) is 23.6 Å². The monoisotopic (exact) mass is 259 g/mol. The summed E-state index contributed by atoms with van der Waals surface area (Å²) in [6, 6.07) is 20.5. The van der Waals surface area contributed by atoms with Crippen molar-refractivity contribution in [1.29, 1.82) is 5.26 Å². The fourth-order valence-electron chi connectivity index (χ4n) is 1.94. The molecule has 0 radical (unpaired) electrons. The highest BCUT2D eigenvalue weighted by atomic mass is 14.2. The summed E-state index contributed by atoms with van der Waals surface area (Å²) in [5.41, 5.74) is 4.05. The van der Waals surface area contributed by atoms with Crippen LogP contribution in [-0.4, -0.2) is 0 Å². The molecule has 0 unspecified atom stereocenters. The lowest BCUT2D eigenvalue weighted by Crippen LogP contribution is -1.83. The van der Waals surface area contributed by atoms with E-state index in [0.717, 1.165) is 17.5 Å². The standard InChI is InChI=1S/C19H17N/c1-2-16-11-13-18(14-12-16)19(15-20)10-6-9-17-7-4-3-5-8-17/h3-14H,2H2,1H3/b9-6+,19-10+. The van der Waals surface area contributed by atoms with E-state index in [4.69, 9.17) is 0 Å². The minimum Gasteiger partial charge on any atom is -0.192 e. The molecule has 0 bridgehead atoms. The minimum atomic E-state index is 0.680. The van der Waals surface area contributed by atoms with Crippen LogP contribution in [0.5, 0.6) is 0 Å². The zero-order chi connectivity index (χ0) is 14.2. The van der Waals surface area contributed by atoms with Gasteiger partial charge in [0.25, 0.3) is 0 Å². The van der Waals surface area contributed by atoms with Crippen LogP contribution in [-0.2, 0) is 6.42 Å². The second-order valence-corrected chi connectivity index (χ2v) is 4.51. The third-order valence-corrected chi connectivity index (χ3v) is 3.14. The van der Waals surface area contributed by atoms with Crippen molar-refractivity contribution in [1.82, 2.24) is 0 Å². The lowest BCUT2D eigenvalue weighted by atomic mass is 10.0. The summed E-state index contributed by atoms with van der Waals surface area (Å²) in [5.74, 6) is 0. The Morgan fingerprint density at radius 2 is 1.75 bits per heavy atom. The largest absolute Gasteiger partial charge is 0.192 e. The number of aryl methyl sites for hydroxylation is 1. The van der Waals surface area contributed by atoms with E-state index in [2.05, 4.69) is 25.1 Å².